The van der Waals surface area contributed by atoms with Gasteiger partial charge >= 0.3 is 0 Å². The summed E-state index contributed by atoms with van der Waals surface area (Å²) in [6.07, 6.45) is 3.05. The monoisotopic (exact) mass is 467 g/mol. The van der Waals surface area contributed by atoms with Gasteiger partial charge in [0.2, 0.25) is 0 Å². The van der Waals surface area contributed by atoms with E-state index in [2.05, 4.69) is 10.3 Å². The summed E-state index contributed by atoms with van der Waals surface area (Å²) in [7, 11) is -3.73. The first-order valence-electron chi connectivity index (χ1n) is 11.2. The van der Waals surface area contributed by atoms with Gasteiger partial charge in [0.25, 0.3) is 10.0 Å². The number of rotatable bonds is 10. The molecule has 2 aromatic carbocycles. The van der Waals surface area contributed by atoms with Crippen LogP contribution < -0.4 is 9.62 Å². The average molecular weight is 468 g/mol. The number of aliphatic hydroxyl groups is 1. The van der Waals surface area contributed by atoms with Crippen molar-refractivity contribution in [2.24, 2.45) is 5.92 Å². The van der Waals surface area contributed by atoms with E-state index in [0.29, 0.717) is 25.2 Å². The van der Waals surface area contributed by atoms with Crippen LogP contribution in [0.3, 0.4) is 0 Å². The third-order valence-electron chi connectivity index (χ3n) is 5.38. The molecule has 0 bridgehead atoms. The average Bonchev–Trinajstić information content (AvgIpc) is 2.77. The summed E-state index contributed by atoms with van der Waals surface area (Å²) in [5.74, 6) is 0.168. The fourth-order valence-corrected chi connectivity index (χ4v) is 5.39. The highest BCUT2D eigenvalue weighted by molar-refractivity contribution is 7.92. The number of anilines is 1. The molecule has 0 radical (unpaired) electrons. The molecule has 1 aromatic heterocycles. The maximum atomic E-state index is 13.6. The van der Waals surface area contributed by atoms with Crippen LogP contribution in [0.2, 0.25) is 0 Å². The molecule has 3 aromatic rings. The molecule has 6 nitrogen and oxygen atoms in total. The molecular weight excluding hydrogens is 434 g/mol. The van der Waals surface area contributed by atoms with E-state index in [1.807, 2.05) is 58.0 Å². The Hall–Kier alpha value is -2.74. The van der Waals surface area contributed by atoms with Gasteiger partial charge in [0.05, 0.1) is 10.6 Å². The summed E-state index contributed by atoms with van der Waals surface area (Å²) in [5.41, 5.74) is 4.61. The predicted octanol–water partition coefficient (Wildman–Crippen LogP) is 4.20. The third-order valence-corrected chi connectivity index (χ3v) is 7.18. The SMILES string of the molecule is Cc1ccc(N(CC(C)C)S(=O)(=O)c2ccc(CC(O)NCc3ccncc3)cc2)c(C)c1. The standard InChI is InChI=1S/C26H33N3O3S/c1-19(2)18-29(25-10-5-20(3)15-21(25)4)33(31,32)24-8-6-22(7-9-24)16-26(30)28-17-23-11-13-27-14-12-23/h5-15,19,26,28,30H,16-18H2,1-4H3. The van der Waals surface area contributed by atoms with Crippen LogP contribution in [0.1, 0.15) is 36.1 Å². The van der Waals surface area contributed by atoms with Gasteiger partial charge in [0.1, 0.15) is 6.23 Å². The molecule has 0 saturated heterocycles. The largest absolute Gasteiger partial charge is 0.378 e. The lowest BCUT2D eigenvalue weighted by molar-refractivity contribution is 0.135. The Morgan fingerprint density at radius 3 is 2.24 bits per heavy atom. The number of pyridine rings is 1. The minimum absolute atomic E-state index is 0.168. The summed E-state index contributed by atoms with van der Waals surface area (Å²) < 4.78 is 28.6. The fourth-order valence-electron chi connectivity index (χ4n) is 3.70. The van der Waals surface area contributed by atoms with Crippen molar-refractivity contribution < 1.29 is 13.5 Å². The van der Waals surface area contributed by atoms with Crippen molar-refractivity contribution in [1.29, 1.82) is 0 Å². The van der Waals surface area contributed by atoms with E-state index in [0.717, 1.165) is 22.3 Å². The van der Waals surface area contributed by atoms with Gasteiger partial charge in [-0.2, -0.15) is 0 Å². The lowest BCUT2D eigenvalue weighted by Gasteiger charge is -2.28. The summed E-state index contributed by atoms with van der Waals surface area (Å²) in [6, 6.07) is 16.4. The van der Waals surface area contributed by atoms with E-state index in [1.165, 1.54) is 4.31 Å². The molecule has 2 N–H and O–H groups in total. The minimum Gasteiger partial charge on any atom is -0.378 e. The van der Waals surface area contributed by atoms with Gasteiger partial charge in [0, 0.05) is 31.9 Å². The number of hydrogen-bond acceptors (Lipinski definition) is 5. The van der Waals surface area contributed by atoms with Crippen LogP contribution >= 0.6 is 0 Å². The predicted molar refractivity (Wildman–Crippen MR) is 133 cm³/mol. The van der Waals surface area contributed by atoms with Gasteiger partial charge in [-0.3, -0.25) is 14.6 Å². The molecule has 1 atom stereocenters. The molecule has 1 unspecified atom stereocenters. The maximum absolute atomic E-state index is 13.6. The number of aliphatic hydroxyl groups excluding tert-OH is 1. The molecule has 0 aliphatic heterocycles. The van der Waals surface area contributed by atoms with E-state index < -0.39 is 16.3 Å². The smallest absolute Gasteiger partial charge is 0.264 e. The van der Waals surface area contributed by atoms with Crippen LogP contribution in [0.4, 0.5) is 5.69 Å². The summed E-state index contributed by atoms with van der Waals surface area (Å²) in [4.78, 5) is 4.22. The zero-order valence-corrected chi connectivity index (χ0v) is 20.5. The second-order valence-corrected chi connectivity index (χ2v) is 10.7. The first kappa shape index (κ1) is 24.9. The third kappa shape index (κ3) is 6.63. The highest BCUT2D eigenvalue weighted by atomic mass is 32.2. The van der Waals surface area contributed by atoms with E-state index in [-0.39, 0.29) is 10.8 Å². The first-order chi connectivity index (χ1) is 15.7. The lowest BCUT2D eigenvalue weighted by atomic mass is 10.1. The topological polar surface area (TPSA) is 82.5 Å². The van der Waals surface area contributed by atoms with E-state index in [9.17, 15) is 13.5 Å². The Kier molecular flexibility index (Phi) is 8.24. The van der Waals surface area contributed by atoms with Gasteiger partial charge in [0.15, 0.2) is 0 Å². The van der Waals surface area contributed by atoms with E-state index in [1.54, 1.807) is 36.7 Å². The van der Waals surface area contributed by atoms with Crippen molar-refractivity contribution in [3.05, 3.63) is 89.2 Å². The Balaban J connectivity index is 1.75. The summed E-state index contributed by atoms with van der Waals surface area (Å²) >= 11 is 0. The second kappa shape index (κ2) is 10.9. The van der Waals surface area contributed by atoms with Gasteiger partial charge in [-0.05, 0) is 66.8 Å². The number of benzene rings is 2. The number of nitrogens with zero attached hydrogens (tertiary/aromatic N) is 2. The Morgan fingerprint density at radius 1 is 0.970 bits per heavy atom. The number of sulfonamides is 1. The number of aryl methyl sites for hydroxylation is 2. The zero-order chi connectivity index (χ0) is 24.0. The molecule has 0 fully saturated rings. The van der Waals surface area contributed by atoms with Crippen LogP contribution in [-0.2, 0) is 23.0 Å². The molecule has 7 heteroatoms. The first-order valence-corrected chi connectivity index (χ1v) is 12.6. The molecule has 33 heavy (non-hydrogen) atoms. The molecule has 0 amide bonds. The minimum atomic E-state index is -3.73. The Morgan fingerprint density at radius 2 is 1.64 bits per heavy atom. The Bertz CT molecular complexity index is 1150. The number of hydrogen-bond donors (Lipinski definition) is 2. The highest BCUT2D eigenvalue weighted by Crippen LogP contribution is 2.29. The number of aromatic nitrogens is 1. The van der Waals surface area contributed by atoms with Gasteiger partial charge in [-0.15, -0.1) is 0 Å². The number of nitrogens with one attached hydrogen (secondary N) is 1. The van der Waals surface area contributed by atoms with Crippen molar-refractivity contribution in [1.82, 2.24) is 10.3 Å². The van der Waals surface area contributed by atoms with Gasteiger partial charge < -0.3 is 5.11 Å². The van der Waals surface area contributed by atoms with Gasteiger partial charge in [-0.1, -0.05) is 43.7 Å². The molecular formula is C26H33N3O3S. The van der Waals surface area contributed by atoms with Crippen LogP contribution in [0.25, 0.3) is 0 Å². The molecule has 176 valence electrons. The second-order valence-electron chi connectivity index (χ2n) is 8.82. The van der Waals surface area contributed by atoms with Crippen molar-refractivity contribution in [3.63, 3.8) is 0 Å². The molecule has 0 saturated carbocycles. The molecule has 0 spiro atoms. The van der Waals surface area contributed by atoms with Crippen molar-refractivity contribution >= 4 is 15.7 Å². The lowest BCUT2D eigenvalue weighted by Crippen LogP contribution is -2.35. The van der Waals surface area contributed by atoms with Crippen molar-refractivity contribution in [2.45, 2.75) is 51.8 Å². The van der Waals surface area contributed by atoms with Crippen LogP contribution in [0, 0.1) is 19.8 Å². The van der Waals surface area contributed by atoms with Crippen LogP contribution in [-0.4, -0.2) is 31.3 Å². The summed E-state index contributed by atoms with van der Waals surface area (Å²) in [6.45, 7) is 8.87. The highest BCUT2D eigenvalue weighted by Gasteiger charge is 2.27. The zero-order valence-electron chi connectivity index (χ0n) is 19.7. The molecule has 3 rings (SSSR count). The fraction of sp³-hybridized carbons (Fsp3) is 0.346. The van der Waals surface area contributed by atoms with E-state index in [4.69, 9.17) is 0 Å². The van der Waals surface area contributed by atoms with Gasteiger partial charge in [-0.25, -0.2) is 8.42 Å². The molecule has 1 heterocycles. The van der Waals surface area contributed by atoms with Crippen LogP contribution in [0.15, 0.2) is 71.9 Å². The van der Waals surface area contributed by atoms with Crippen molar-refractivity contribution in [3.8, 4) is 0 Å². The molecule has 0 aliphatic rings. The van der Waals surface area contributed by atoms with Crippen molar-refractivity contribution in [2.75, 3.05) is 10.8 Å². The normalized spacial score (nSPS) is 12.7. The molecule has 0 aliphatic carbocycles. The quantitative estimate of drug-likeness (QED) is 0.437. The Labute approximate surface area is 197 Å². The maximum Gasteiger partial charge on any atom is 0.264 e. The van der Waals surface area contributed by atoms with E-state index >= 15 is 0 Å². The van der Waals surface area contributed by atoms with Crippen LogP contribution in [0.5, 0.6) is 0 Å². The summed E-state index contributed by atoms with van der Waals surface area (Å²) in [5, 5.41) is 13.4.